The first-order valence-corrected chi connectivity index (χ1v) is 4.75. The Bertz CT molecular complexity index is 577. The summed E-state index contributed by atoms with van der Waals surface area (Å²) < 4.78 is 1.49. The molecule has 0 amide bonds. The van der Waals surface area contributed by atoms with Gasteiger partial charge in [-0.3, -0.25) is 0 Å². The van der Waals surface area contributed by atoms with Crippen LogP contribution in [0, 0.1) is 18.3 Å². The van der Waals surface area contributed by atoms with Crippen molar-refractivity contribution in [1.82, 2.24) is 9.78 Å². The van der Waals surface area contributed by atoms with Crippen molar-refractivity contribution in [2.24, 2.45) is 0 Å². The van der Waals surface area contributed by atoms with Gasteiger partial charge in [0.25, 0.3) is 0 Å². The molecular weight excluding hydrogens is 202 g/mol. The van der Waals surface area contributed by atoms with Gasteiger partial charge in [0.2, 0.25) is 0 Å². The zero-order chi connectivity index (χ0) is 11.7. The van der Waals surface area contributed by atoms with Crippen molar-refractivity contribution in [2.45, 2.75) is 6.92 Å². The molecule has 5 nitrogen and oxygen atoms in total. The highest BCUT2D eigenvalue weighted by Crippen LogP contribution is 2.23. The van der Waals surface area contributed by atoms with E-state index >= 15 is 0 Å². The smallest absolute Gasteiger partial charge is 0.166 e. The lowest BCUT2D eigenvalue weighted by Crippen LogP contribution is -2.04. The molecule has 0 radical (unpaired) electrons. The fraction of sp³-hybridized carbons (Fsp3) is 0.0909. The van der Waals surface area contributed by atoms with Gasteiger partial charge in [0.15, 0.2) is 5.82 Å². The Morgan fingerprint density at radius 3 is 2.56 bits per heavy atom. The Morgan fingerprint density at radius 1 is 1.31 bits per heavy atom. The Kier molecular flexibility index (Phi) is 2.25. The topological polar surface area (TPSA) is 93.6 Å². The van der Waals surface area contributed by atoms with Crippen LogP contribution in [0.4, 0.5) is 11.6 Å². The quantitative estimate of drug-likeness (QED) is 0.744. The van der Waals surface area contributed by atoms with Crippen LogP contribution in [-0.4, -0.2) is 9.78 Å². The number of nitrogen functional groups attached to an aromatic ring is 2. The second-order valence-corrected chi connectivity index (χ2v) is 3.46. The Balaban J connectivity index is 2.68. The van der Waals surface area contributed by atoms with Crippen molar-refractivity contribution in [3.8, 4) is 11.8 Å². The van der Waals surface area contributed by atoms with Crippen LogP contribution in [0.1, 0.15) is 11.1 Å². The van der Waals surface area contributed by atoms with Gasteiger partial charge in [0.05, 0.1) is 5.69 Å². The zero-order valence-electron chi connectivity index (χ0n) is 8.81. The highest BCUT2D eigenvalue weighted by atomic mass is 15.3. The van der Waals surface area contributed by atoms with Crippen LogP contribution in [0.5, 0.6) is 0 Å². The van der Waals surface area contributed by atoms with Crippen LogP contribution in [0.2, 0.25) is 0 Å². The van der Waals surface area contributed by atoms with Crippen molar-refractivity contribution in [1.29, 1.82) is 5.26 Å². The molecule has 0 atom stereocenters. The van der Waals surface area contributed by atoms with Crippen LogP contribution in [0.3, 0.4) is 0 Å². The minimum Gasteiger partial charge on any atom is -0.382 e. The number of anilines is 2. The molecule has 0 unspecified atom stereocenters. The SMILES string of the molecule is Cc1ccccc1-n1nc(N)c(C#N)c1N. The van der Waals surface area contributed by atoms with Gasteiger partial charge in [-0.2, -0.15) is 5.26 Å². The molecule has 1 aromatic heterocycles. The van der Waals surface area contributed by atoms with E-state index in [2.05, 4.69) is 5.10 Å². The summed E-state index contributed by atoms with van der Waals surface area (Å²) in [5, 5.41) is 12.9. The fourth-order valence-corrected chi connectivity index (χ4v) is 1.55. The predicted molar refractivity (Wildman–Crippen MR) is 61.8 cm³/mol. The second kappa shape index (κ2) is 3.59. The molecule has 4 N–H and O–H groups in total. The third-order valence-corrected chi connectivity index (χ3v) is 2.40. The molecule has 5 heteroatoms. The minimum atomic E-state index is 0.156. The van der Waals surface area contributed by atoms with Gasteiger partial charge in [0.1, 0.15) is 17.5 Å². The van der Waals surface area contributed by atoms with Crippen LogP contribution >= 0.6 is 0 Å². The van der Waals surface area contributed by atoms with E-state index in [1.807, 2.05) is 37.3 Å². The van der Waals surface area contributed by atoms with Crippen LogP contribution in [-0.2, 0) is 0 Å². The van der Waals surface area contributed by atoms with Crippen LogP contribution in [0.25, 0.3) is 5.69 Å². The maximum absolute atomic E-state index is 8.87. The van der Waals surface area contributed by atoms with Gasteiger partial charge in [-0.15, -0.1) is 5.10 Å². The van der Waals surface area contributed by atoms with E-state index in [0.717, 1.165) is 11.3 Å². The summed E-state index contributed by atoms with van der Waals surface area (Å²) in [5.74, 6) is 0.428. The summed E-state index contributed by atoms with van der Waals surface area (Å²) in [6.07, 6.45) is 0. The van der Waals surface area contributed by atoms with Crippen molar-refractivity contribution in [3.63, 3.8) is 0 Å². The maximum atomic E-state index is 8.87. The minimum absolute atomic E-state index is 0.156. The van der Waals surface area contributed by atoms with Gasteiger partial charge in [-0.05, 0) is 18.6 Å². The fourth-order valence-electron chi connectivity index (χ4n) is 1.55. The number of para-hydroxylation sites is 1. The van der Waals surface area contributed by atoms with Gasteiger partial charge in [0, 0.05) is 0 Å². The average Bonchev–Trinajstić information content (AvgIpc) is 2.55. The number of hydrogen-bond donors (Lipinski definition) is 2. The van der Waals surface area contributed by atoms with Crippen LogP contribution < -0.4 is 11.5 Å². The van der Waals surface area contributed by atoms with Gasteiger partial charge in [-0.25, -0.2) is 4.68 Å². The number of aromatic nitrogens is 2. The number of aryl methyl sites for hydroxylation is 1. The molecule has 2 aromatic rings. The summed E-state index contributed by atoms with van der Waals surface area (Å²) in [6.45, 7) is 1.94. The lowest BCUT2D eigenvalue weighted by Gasteiger charge is -2.06. The number of rotatable bonds is 1. The monoisotopic (exact) mass is 213 g/mol. The van der Waals surface area contributed by atoms with Crippen molar-refractivity contribution in [2.75, 3.05) is 11.5 Å². The molecule has 0 spiro atoms. The molecule has 0 fully saturated rings. The molecule has 16 heavy (non-hydrogen) atoms. The highest BCUT2D eigenvalue weighted by Gasteiger charge is 2.14. The summed E-state index contributed by atoms with van der Waals surface area (Å²) >= 11 is 0. The molecule has 0 aliphatic heterocycles. The lowest BCUT2D eigenvalue weighted by atomic mass is 10.2. The van der Waals surface area contributed by atoms with Gasteiger partial charge in [-0.1, -0.05) is 18.2 Å². The molecule has 0 aliphatic carbocycles. The summed E-state index contributed by atoms with van der Waals surface area (Å²) in [5.41, 5.74) is 13.5. The number of nitrogens with two attached hydrogens (primary N) is 2. The van der Waals surface area contributed by atoms with E-state index in [1.54, 1.807) is 0 Å². The molecule has 0 saturated carbocycles. The summed E-state index contributed by atoms with van der Waals surface area (Å²) in [7, 11) is 0. The number of benzene rings is 1. The molecule has 0 bridgehead atoms. The normalized spacial score (nSPS) is 10.0. The first kappa shape index (κ1) is 10.1. The molecule has 1 aromatic carbocycles. The van der Waals surface area contributed by atoms with Crippen molar-refractivity contribution >= 4 is 11.6 Å². The summed E-state index contributed by atoms with van der Waals surface area (Å²) in [4.78, 5) is 0. The predicted octanol–water partition coefficient (Wildman–Crippen LogP) is 1.22. The van der Waals surface area contributed by atoms with Gasteiger partial charge < -0.3 is 11.5 Å². The number of nitrogens with zero attached hydrogens (tertiary/aromatic N) is 3. The van der Waals surface area contributed by atoms with E-state index in [1.165, 1.54) is 4.68 Å². The van der Waals surface area contributed by atoms with Crippen molar-refractivity contribution in [3.05, 3.63) is 35.4 Å². The Labute approximate surface area is 92.9 Å². The molecule has 80 valence electrons. The van der Waals surface area contributed by atoms with Gasteiger partial charge >= 0.3 is 0 Å². The number of nitriles is 1. The lowest BCUT2D eigenvalue weighted by molar-refractivity contribution is 0.888. The molecular formula is C11H11N5. The standard InChI is InChI=1S/C11H11N5/c1-7-4-2-3-5-9(7)16-11(14)8(6-12)10(13)15-16/h2-5H,14H2,1H3,(H2,13,15). The third-order valence-electron chi connectivity index (χ3n) is 2.40. The molecule has 1 heterocycles. The number of hydrogen-bond acceptors (Lipinski definition) is 4. The largest absolute Gasteiger partial charge is 0.382 e. The van der Waals surface area contributed by atoms with Crippen LogP contribution in [0.15, 0.2) is 24.3 Å². The average molecular weight is 213 g/mol. The zero-order valence-corrected chi connectivity index (χ0v) is 8.81. The molecule has 2 rings (SSSR count). The first-order chi connectivity index (χ1) is 7.65. The second-order valence-electron chi connectivity index (χ2n) is 3.46. The van der Waals surface area contributed by atoms with E-state index in [4.69, 9.17) is 16.7 Å². The first-order valence-electron chi connectivity index (χ1n) is 4.75. The van der Waals surface area contributed by atoms with E-state index in [-0.39, 0.29) is 17.2 Å². The van der Waals surface area contributed by atoms with Crippen molar-refractivity contribution < 1.29 is 0 Å². The molecule has 0 saturated heterocycles. The highest BCUT2D eigenvalue weighted by molar-refractivity contribution is 5.64. The molecule has 0 aliphatic rings. The van der Waals surface area contributed by atoms with E-state index in [0.29, 0.717) is 0 Å². The van der Waals surface area contributed by atoms with E-state index in [9.17, 15) is 0 Å². The summed E-state index contributed by atoms with van der Waals surface area (Å²) in [6, 6.07) is 9.56. The third kappa shape index (κ3) is 1.37. The maximum Gasteiger partial charge on any atom is 0.166 e. The Hall–Kier alpha value is -2.48. The van der Waals surface area contributed by atoms with E-state index < -0.39 is 0 Å². The Morgan fingerprint density at radius 2 is 2.00 bits per heavy atom.